The van der Waals surface area contributed by atoms with E-state index in [4.69, 9.17) is 5.73 Å². The number of nitrogens with zero attached hydrogens (tertiary/aromatic N) is 2. The van der Waals surface area contributed by atoms with Crippen LogP contribution >= 0.6 is 15.9 Å². The fourth-order valence-electron chi connectivity index (χ4n) is 2.81. The van der Waals surface area contributed by atoms with Crippen molar-refractivity contribution in [2.45, 2.75) is 13.8 Å². The molecule has 0 amide bonds. The van der Waals surface area contributed by atoms with Gasteiger partial charge in [0, 0.05) is 15.6 Å². The van der Waals surface area contributed by atoms with Crippen molar-refractivity contribution in [1.82, 2.24) is 4.98 Å². The Morgan fingerprint density at radius 3 is 2.42 bits per heavy atom. The fourth-order valence-corrected chi connectivity index (χ4v) is 3.31. The zero-order valence-corrected chi connectivity index (χ0v) is 15.1. The number of hydrogen-bond acceptors (Lipinski definition) is 3. The minimum Gasteiger partial charge on any atom is -0.383 e. The lowest BCUT2D eigenvalue weighted by atomic mass is 9.96. The van der Waals surface area contributed by atoms with Crippen LogP contribution in [0.2, 0.25) is 0 Å². The number of benzene rings is 2. The average molecular weight is 378 g/mol. The maximum absolute atomic E-state index is 9.52. The highest BCUT2D eigenvalue weighted by molar-refractivity contribution is 9.10. The summed E-state index contributed by atoms with van der Waals surface area (Å²) in [6, 6.07) is 18.1. The van der Waals surface area contributed by atoms with Crippen molar-refractivity contribution in [3.05, 3.63) is 69.7 Å². The molecule has 1 heterocycles. The van der Waals surface area contributed by atoms with E-state index < -0.39 is 0 Å². The summed E-state index contributed by atoms with van der Waals surface area (Å²) < 4.78 is 0.915. The predicted octanol–water partition coefficient (Wildman–Crippen LogP) is 5.25. The number of rotatable bonds is 2. The summed E-state index contributed by atoms with van der Waals surface area (Å²) in [5.41, 5.74) is 12.3. The van der Waals surface area contributed by atoms with Gasteiger partial charge in [-0.2, -0.15) is 5.26 Å². The number of nitrogen functional groups attached to an aromatic ring is 1. The number of nitriles is 1. The first-order valence-electron chi connectivity index (χ1n) is 7.54. The van der Waals surface area contributed by atoms with E-state index in [1.165, 1.54) is 5.56 Å². The Morgan fingerprint density at radius 1 is 1.00 bits per heavy atom. The van der Waals surface area contributed by atoms with Crippen molar-refractivity contribution in [1.29, 1.82) is 5.26 Å². The zero-order chi connectivity index (χ0) is 17.3. The number of aryl methyl sites for hydroxylation is 2. The van der Waals surface area contributed by atoms with Gasteiger partial charge in [0.15, 0.2) is 0 Å². The summed E-state index contributed by atoms with van der Waals surface area (Å²) >= 11 is 3.56. The molecule has 0 saturated carbocycles. The van der Waals surface area contributed by atoms with E-state index in [1.807, 2.05) is 36.4 Å². The van der Waals surface area contributed by atoms with E-state index in [2.05, 4.69) is 53.0 Å². The molecule has 0 spiro atoms. The molecule has 2 aromatic carbocycles. The van der Waals surface area contributed by atoms with E-state index in [-0.39, 0.29) is 5.82 Å². The first-order chi connectivity index (χ1) is 11.5. The van der Waals surface area contributed by atoms with Crippen LogP contribution in [0.5, 0.6) is 0 Å². The van der Waals surface area contributed by atoms with Gasteiger partial charge in [0.2, 0.25) is 0 Å². The topological polar surface area (TPSA) is 62.7 Å². The Kier molecular flexibility index (Phi) is 4.37. The second-order valence-electron chi connectivity index (χ2n) is 5.73. The molecule has 0 bridgehead atoms. The first-order valence-corrected chi connectivity index (χ1v) is 8.33. The predicted molar refractivity (Wildman–Crippen MR) is 101 cm³/mol. The molecule has 2 N–H and O–H groups in total. The van der Waals surface area contributed by atoms with Gasteiger partial charge in [-0.15, -0.1) is 0 Å². The molecule has 0 aliphatic carbocycles. The number of hydrogen-bond donors (Lipinski definition) is 1. The molecule has 0 aliphatic heterocycles. The number of pyridine rings is 1. The summed E-state index contributed by atoms with van der Waals surface area (Å²) in [7, 11) is 0. The van der Waals surface area contributed by atoms with Gasteiger partial charge in [-0.1, -0.05) is 57.9 Å². The maximum Gasteiger partial charge on any atom is 0.142 e. The average Bonchev–Trinajstić information content (AvgIpc) is 2.54. The smallest absolute Gasteiger partial charge is 0.142 e. The quantitative estimate of drug-likeness (QED) is 0.663. The van der Waals surface area contributed by atoms with Crippen molar-refractivity contribution in [3.8, 4) is 28.5 Å². The molecule has 0 saturated heterocycles. The van der Waals surface area contributed by atoms with Gasteiger partial charge in [0.1, 0.15) is 17.5 Å². The lowest BCUT2D eigenvalue weighted by Gasteiger charge is -2.13. The molecule has 0 radical (unpaired) electrons. The van der Waals surface area contributed by atoms with Gasteiger partial charge in [-0.25, -0.2) is 4.98 Å². The number of aromatic nitrogens is 1. The van der Waals surface area contributed by atoms with Crippen LogP contribution in [0.4, 0.5) is 5.82 Å². The number of halogens is 1. The van der Waals surface area contributed by atoms with Crippen molar-refractivity contribution in [2.24, 2.45) is 0 Å². The third-order valence-electron chi connectivity index (χ3n) is 3.98. The van der Waals surface area contributed by atoms with E-state index in [9.17, 15) is 5.26 Å². The highest BCUT2D eigenvalue weighted by Crippen LogP contribution is 2.35. The monoisotopic (exact) mass is 377 g/mol. The number of nitrogens with two attached hydrogens (primary N) is 1. The van der Waals surface area contributed by atoms with E-state index in [1.54, 1.807) is 0 Å². The van der Waals surface area contributed by atoms with E-state index in [0.717, 1.165) is 32.4 Å². The largest absolute Gasteiger partial charge is 0.383 e. The highest BCUT2D eigenvalue weighted by Gasteiger charge is 2.15. The van der Waals surface area contributed by atoms with Crippen LogP contribution in [0.25, 0.3) is 22.4 Å². The van der Waals surface area contributed by atoms with Crippen LogP contribution < -0.4 is 5.73 Å². The minimum absolute atomic E-state index is 0.251. The van der Waals surface area contributed by atoms with Crippen molar-refractivity contribution < 1.29 is 0 Å². The Balaban J connectivity index is 2.29. The van der Waals surface area contributed by atoms with Gasteiger partial charge in [-0.05, 0) is 37.1 Å². The summed E-state index contributed by atoms with van der Waals surface area (Å²) in [6.07, 6.45) is 0. The molecule has 3 aromatic rings. The van der Waals surface area contributed by atoms with Gasteiger partial charge < -0.3 is 5.73 Å². The molecule has 4 heteroatoms. The summed E-state index contributed by atoms with van der Waals surface area (Å²) in [5.74, 6) is 0.251. The Morgan fingerprint density at radius 2 is 1.75 bits per heavy atom. The van der Waals surface area contributed by atoms with E-state index in [0.29, 0.717) is 5.56 Å². The lowest BCUT2D eigenvalue weighted by Crippen LogP contribution is -2.00. The van der Waals surface area contributed by atoms with Crippen LogP contribution in [-0.2, 0) is 0 Å². The molecule has 0 fully saturated rings. The molecule has 118 valence electrons. The minimum atomic E-state index is 0.251. The van der Waals surface area contributed by atoms with Crippen LogP contribution in [0.3, 0.4) is 0 Å². The van der Waals surface area contributed by atoms with Gasteiger partial charge in [-0.3, -0.25) is 0 Å². The SMILES string of the molecule is Cc1ccc(-c2cc(-c3ccccc3Br)c(C#N)c(N)n2)c(C)c1. The lowest BCUT2D eigenvalue weighted by molar-refractivity contribution is 1.28. The zero-order valence-electron chi connectivity index (χ0n) is 13.5. The first kappa shape index (κ1) is 16.2. The van der Waals surface area contributed by atoms with E-state index >= 15 is 0 Å². The van der Waals surface area contributed by atoms with Gasteiger partial charge in [0.25, 0.3) is 0 Å². The third-order valence-corrected chi connectivity index (χ3v) is 4.67. The molecule has 3 nitrogen and oxygen atoms in total. The molecule has 0 unspecified atom stereocenters. The normalized spacial score (nSPS) is 10.4. The van der Waals surface area contributed by atoms with Crippen molar-refractivity contribution >= 4 is 21.7 Å². The Bertz CT molecular complexity index is 971. The van der Waals surface area contributed by atoms with Gasteiger partial charge >= 0.3 is 0 Å². The second-order valence-corrected chi connectivity index (χ2v) is 6.58. The molecular weight excluding hydrogens is 362 g/mol. The number of anilines is 1. The maximum atomic E-state index is 9.52. The van der Waals surface area contributed by atoms with Crippen molar-refractivity contribution in [2.75, 3.05) is 5.73 Å². The van der Waals surface area contributed by atoms with Crippen molar-refractivity contribution in [3.63, 3.8) is 0 Å². The molecule has 0 aliphatic rings. The van der Waals surface area contributed by atoms with Crippen LogP contribution in [-0.4, -0.2) is 4.98 Å². The highest BCUT2D eigenvalue weighted by atomic mass is 79.9. The Labute approximate surface area is 149 Å². The van der Waals surface area contributed by atoms with Gasteiger partial charge in [0.05, 0.1) is 5.69 Å². The fraction of sp³-hybridized carbons (Fsp3) is 0.100. The summed E-state index contributed by atoms with van der Waals surface area (Å²) in [6.45, 7) is 4.11. The summed E-state index contributed by atoms with van der Waals surface area (Å²) in [4.78, 5) is 4.46. The standard InChI is InChI=1S/C20H16BrN3/c1-12-7-8-14(13(2)9-12)19-10-16(17(11-22)20(23)24-19)15-5-3-4-6-18(15)21/h3-10H,1-2H3,(H2,23,24). The second kappa shape index (κ2) is 6.46. The third kappa shape index (κ3) is 2.91. The molecule has 0 atom stereocenters. The Hall–Kier alpha value is -2.64. The van der Waals surface area contributed by atoms with Crippen LogP contribution in [0.15, 0.2) is 53.0 Å². The summed E-state index contributed by atoms with van der Waals surface area (Å²) in [5, 5.41) is 9.52. The molecule has 24 heavy (non-hydrogen) atoms. The van der Waals surface area contributed by atoms with Crippen LogP contribution in [0, 0.1) is 25.2 Å². The van der Waals surface area contributed by atoms with Crippen LogP contribution in [0.1, 0.15) is 16.7 Å². The molecule has 1 aromatic heterocycles. The molecule has 3 rings (SSSR count). The molecular formula is C20H16BrN3.